The molecule has 0 amide bonds. The molecule has 11 nitrogen and oxygen atoms in total. The summed E-state index contributed by atoms with van der Waals surface area (Å²) in [6.07, 6.45) is 2.74. The zero-order valence-corrected chi connectivity index (χ0v) is 19.8. The summed E-state index contributed by atoms with van der Waals surface area (Å²) >= 11 is 0. The highest BCUT2D eigenvalue weighted by atomic mass is 32.2. The molecule has 1 N–H and O–H groups in total. The van der Waals surface area contributed by atoms with Crippen LogP contribution in [0.2, 0.25) is 0 Å². The fourth-order valence-corrected chi connectivity index (χ4v) is 4.97. The van der Waals surface area contributed by atoms with Gasteiger partial charge >= 0.3 is 11.6 Å². The molecule has 0 bridgehead atoms. The van der Waals surface area contributed by atoms with Crippen molar-refractivity contribution >= 4 is 38.1 Å². The number of aromatic nitrogens is 3. The van der Waals surface area contributed by atoms with Gasteiger partial charge in [0.25, 0.3) is 0 Å². The number of hydrogen-bond donors (Lipinski definition) is 1. The Labute approximate surface area is 201 Å². The van der Waals surface area contributed by atoms with Gasteiger partial charge in [-0.15, -0.1) is 0 Å². The molecule has 0 fully saturated rings. The SMILES string of the molecule is CCN(CC)S(=O)(=O)c1ccc(Nc2ncnc(Oc3cccc4cccnc34)c2[N+](=O)[O-])cc1. The maximum Gasteiger partial charge on any atom is 0.373 e. The number of anilines is 2. The largest absolute Gasteiger partial charge is 0.431 e. The predicted octanol–water partition coefficient (Wildman–Crippen LogP) is 4.50. The molecule has 0 radical (unpaired) electrons. The molecule has 2 aromatic carbocycles. The van der Waals surface area contributed by atoms with Crippen molar-refractivity contribution in [3.63, 3.8) is 0 Å². The van der Waals surface area contributed by atoms with E-state index in [1.165, 1.54) is 28.6 Å². The molecule has 4 rings (SSSR count). The van der Waals surface area contributed by atoms with Gasteiger partial charge in [0, 0.05) is 30.4 Å². The van der Waals surface area contributed by atoms with E-state index >= 15 is 0 Å². The molecule has 2 heterocycles. The third-order valence-electron chi connectivity index (χ3n) is 5.23. The van der Waals surface area contributed by atoms with Crippen LogP contribution in [0, 0.1) is 10.1 Å². The summed E-state index contributed by atoms with van der Waals surface area (Å²) in [7, 11) is -3.63. The van der Waals surface area contributed by atoms with Crippen molar-refractivity contribution in [3.8, 4) is 11.6 Å². The van der Waals surface area contributed by atoms with E-state index in [0.29, 0.717) is 30.0 Å². The Kier molecular flexibility index (Phi) is 6.85. The fourth-order valence-electron chi connectivity index (χ4n) is 3.52. The van der Waals surface area contributed by atoms with Crippen molar-refractivity contribution in [2.24, 2.45) is 0 Å². The van der Waals surface area contributed by atoms with E-state index in [4.69, 9.17) is 4.74 Å². The number of hydrogen-bond acceptors (Lipinski definition) is 9. The van der Waals surface area contributed by atoms with Gasteiger partial charge in [0.2, 0.25) is 15.8 Å². The van der Waals surface area contributed by atoms with Gasteiger partial charge in [-0.05, 0) is 36.4 Å². The standard InChI is InChI=1S/C23H22N6O5S/c1-3-28(4-2)35(32,33)18-12-10-17(11-13-18)27-22-21(29(30)31)23(26-15-25-22)34-19-9-5-7-16-8-6-14-24-20(16)19/h5-15H,3-4H2,1-2H3,(H,25,26,27). The molecule has 0 aliphatic heterocycles. The molecule has 12 heteroatoms. The van der Waals surface area contributed by atoms with Gasteiger partial charge in [0.15, 0.2) is 5.75 Å². The number of nitrogens with one attached hydrogen (secondary N) is 1. The normalized spacial score (nSPS) is 11.5. The molecule has 0 aliphatic rings. The summed E-state index contributed by atoms with van der Waals surface area (Å²) in [6, 6.07) is 14.8. The summed E-state index contributed by atoms with van der Waals surface area (Å²) in [6.45, 7) is 4.22. The Hall–Kier alpha value is -4.16. The van der Waals surface area contributed by atoms with Crippen LogP contribution in [0.25, 0.3) is 10.9 Å². The number of nitro groups is 1. The van der Waals surface area contributed by atoms with Gasteiger partial charge in [-0.3, -0.25) is 15.1 Å². The molecule has 0 saturated carbocycles. The van der Waals surface area contributed by atoms with Crippen LogP contribution >= 0.6 is 0 Å². The topological polar surface area (TPSA) is 140 Å². The van der Waals surface area contributed by atoms with E-state index in [9.17, 15) is 18.5 Å². The van der Waals surface area contributed by atoms with Crippen LogP contribution in [0.1, 0.15) is 13.8 Å². The number of pyridine rings is 1. The summed E-state index contributed by atoms with van der Waals surface area (Å²) in [5.74, 6) is -0.0549. The van der Waals surface area contributed by atoms with Crippen molar-refractivity contribution < 1.29 is 18.1 Å². The summed E-state index contributed by atoms with van der Waals surface area (Å²) < 4.78 is 32.5. The van der Waals surface area contributed by atoms with E-state index < -0.39 is 20.6 Å². The number of rotatable bonds is 9. The molecule has 0 aliphatic carbocycles. The number of sulfonamides is 1. The van der Waals surface area contributed by atoms with Crippen molar-refractivity contribution in [1.82, 2.24) is 19.3 Å². The first-order chi connectivity index (χ1) is 16.8. The van der Waals surface area contributed by atoms with Crippen molar-refractivity contribution in [2.45, 2.75) is 18.7 Å². The average molecular weight is 495 g/mol. The molecular formula is C23H22N6O5S. The molecular weight excluding hydrogens is 472 g/mol. The smallest absolute Gasteiger partial charge is 0.373 e. The molecule has 4 aromatic rings. The first-order valence-electron chi connectivity index (χ1n) is 10.7. The minimum Gasteiger partial charge on any atom is -0.431 e. The molecule has 0 saturated heterocycles. The maximum absolute atomic E-state index is 12.7. The van der Waals surface area contributed by atoms with Crippen LogP contribution in [0.5, 0.6) is 11.6 Å². The lowest BCUT2D eigenvalue weighted by atomic mass is 10.2. The van der Waals surface area contributed by atoms with E-state index in [1.54, 1.807) is 38.2 Å². The predicted molar refractivity (Wildman–Crippen MR) is 130 cm³/mol. The summed E-state index contributed by atoms with van der Waals surface area (Å²) in [5.41, 5.74) is 0.464. The molecule has 0 atom stereocenters. The molecule has 0 unspecified atom stereocenters. The number of nitrogens with zero attached hydrogens (tertiary/aromatic N) is 5. The van der Waals surface area contributed by atoms with Gasteiger partial charge in [0.1, 0.15) is 11.8 Å². The van der Waals surface area contributed by atoms with Gasteiger partial charge in [-0.25, -0.2) is 13.4 Å². The average Bonchev–Trinajstić information content (AvgIpc) is 2.85. The van der Waals surface area contributed by atoms with Crippen molar-refractivity contribution in [2.75, 3.05) is 18.4 Å². The lowest BCUT2D eigenvalue weighted by Gasteiger charge is -2.18. The van der Waals surface area contributed by atoms with E-state index in [1.807, 2.05) is 12.1 Å². The zero-order chi connectivity index (χ0) is 25.0. The Morgan fingerprint density at radius 2 is 1.71 bits per heavy atom. The van der Waals surface area contributed by atoms with Gasteiger partial charge < -0.3 is 10.1 Å². The van der Waals surface area contributed by atoms with Crippen LogP contribution in [-0.4, -0.2) is 45.7 Å². The van der Waals surface area contributed by atoms with Crippen molar-refractivity contribution in [3.05, 3.63) is 77.2 Å². The Morgan fingerprint density at radius 3 is 2.40 bits per heavy atom. The minimum absolute atomic E-state index is 0.104. The first kappa shape index (κ1) is 24.0. The molecule has 0 spiro atoms. The van der Waals surface area contributed by atoms with Gasteiger partial charge in [-0.2, -0.15) is 9.29 Å². The Morgan fingerprint density at radius 1 is 1.00 bits per heavy atom. The number of ether oxygens (including phenoxy) is 1. The van der Waals surface area contributed by atoms with Crippen LogP contribution in [0.3, 0.4) is 0 Å². The summed E-state index contributed by atoms with van der Waals surface area (Å²) in [4.78, 5) is 23.6. The fraction of sp³-hybridized carbons (Fsp3) is 0.174. The highest BCUT2D eigenvalue weighted by Crippen LogP contribution is 2.37. The Balaban J connectivity index is 1.65. The Bertz CT molecular complexity index is 1470. The van der Waals surface area contributed by atoms with Gasteiger partial charge in [-0.1, -0.05) is 32.0 Å². The second-order valence-corrected chi connectivity index (χ2v) is 9.24. The maximum atomic E-state index is 12.7. The summed E-state index contributed by atoms with van der Waals surface area (Å²) in [5, 5.41) is 15.6. The number of fused-ring (bicyclic) bond motifs is 1. The highest BCUT2D eigenvalue weighted by Gasteiger charge is 2.26. The van der Waals surface area contributed by atoms with Crippen LogP contribution in [0.15, 0.2) is 72.0 Å². The van der Waals surface area contributed by atoms with Crippen LogP contribution < -0.4 is 10.1 Å². The quantitative estimate of drug-likeness (QED) is 0.263. The molecule has 180 valence electrons. The first-order valence-corrected chi connectivity index (χ1v) is 12.2. The second-order valence-electron chi connectivity index (χ2n) is 7.31. The lowest BCUT2D eigenvalue weighted by molar-refractivity contribution is -0.385. The monoisotopic (exact) mass is 494 g/mol. The van der Waals surface area contributed by atoms with E-state index in [0.717, 1.165) is 11.7 Å². The number of para-hydroxylation sites is 1. The second kappa shape index (κ2) is 9.99. The zero-order valence-electron chi connectivity index (χ0n) is 19.0. The van der Waals surface area contributed by atoms with Crippen LogP contribution in [-0.2, 0) is 10.0 Å². The highest BCUT2D eigenvalue weighted by molar-refractivity contribution is 7.89. The third kappa shape index (κ3) is 4.88. The van der Waals surface area contributed by atoms with E-state index in [2.05, 4.69) is 20.3 Å². The van der Waals surface area contributed by atoms with Crippen molar-refractivity contribution in [1.29, 1.82) is 0 Å². The minimum atomic E-state index is -3.63. The molecule has 35 heavy (non-hydrogen) atoms. The lowest BCUT2D eigenvalue weighted by Crippen LogP contribution is -2.30. The van der Waals surface area contributed by atoms with Gasteiger partial charge in [0.05, 0.1) is 9.82 Å². The third-order valence-corrected chi connectivity index (χ3v) is 7.30. The molecule has 2 aromatic heterocycles. The van der Waals surface area contributed by atoms with E-state index in [-0.39, 0.29) is 16.6 Å². The number of benzene rings is 2. The van der Waals surface area contributed by atoms with Crippen LogP contribution in [0.4, 0.5) is 17.2 Å².